The Balaban J connectivity index is 2.03. The van der Waals surface area contributed by atoms with Crippen molar-refractivity contribution in [1.82, 2.24) is 9.47 Å². The minimum absolute atomic E-state index is 0.107. The van der Waals surface area contributed by atoms with E-state index < -0.39 is 12.0 Å². The highest BCUT2D eigenvalue weighted by Crippen LogP contribution is 2.32. The first kappa shape index (κ1) is 16.8. The molecule has 0 fully saturated rings. The Morgan fingerprint density at radius 3 is 2.67 bits per heavy atom. The lowest BCUT2D eigenvalue weighted by Crippen LogP contribution is -2.44. The number of carbonyl (C=O) groups excluding carboxylic acids is 1. The molecule has 1 aromatic carbocycles. The number of carboxylic acids is 1. The van der Waals surface area contributed by atoms with Crippen LogP contribution in [0.5, 0.6) is 0 Å². The summed E-state index contributed by atoms with van der Waals surface area (Å²) in [7, 11) is 0. The fraction of sp³-hybridized carbons (Fsp3) is 0.333. The molecule has 0 saturated heterocycles. The Bertz CT molecular complexity index is 797. The van der Waals surface area contributed by atoms with E-state index in [2.05, 4.69) is 15.9 Å². The fourth-order valence-corrected chi connectivity index (χ4v) is 3.68. The standard InChI is InChI=1S/C18H19BrN2O3/c1-11(2)21-10-13(19)9-15(21)17(22)20-8-7-12-5-3-4-6-14(12)16(20)18(23)24/h3-6,9-11,16H,7-8H2,1-2H3,(H,23,24). The molecule has 2 heterocycles. The molecular weight excluding hydrogens is 372 g/mol. The van der Waals surface area contributed by atoms with Crippen molar-refractivity contribution in [2.24, 2.45) is 0 Å². The summed E-state index contributed by atoms with van der Waals surface area (Å²) in [6.07, 6.45) is 2.51. The van der Waals surface area contributed by atoms with Crippen molar-refractivity contribution >= 4 is 27.8 Å². The molecule has 1 unspecified atom stereocenters. The number of aromatic nitrogens is 1. The molecule has 1 amide bonds. The third kappa shape index (κ3) is 2.86. The molecule has 0 spiro atoms. The van der Waals surface area contributed by atoms with Crippen LogP contribution in [0.4, 0.5) is 0 Å². The quantitative estimate of drug-likeness (QED) is 0.869. The van der Waals surface area contributed by atoms with E-state index in [1.54, 1.807) is 12.1 Å². The smallest absolute Gasteiger partial charge is 0.331 e. The number of nitrogens with zero attached hydrogens (tertiary/aromatic N) is 2. The first-order valence-corrected chi connectivity index (χ1v) is 8.68. The molecule has 3 rings (SSSR count). The van der Waals surface area contributed by atoms with Gasteiger partial charge in [0, 0.05) is 23.3 Å². The van der Waals surface area contributed by atoms with Crippen molar-refractivity contribution in [3.63, 3.8) is 0 Å². The largest absolute Gasteiger partial charge is 0.479 e. The van der Waals surface area contributed by atoms with Gasteiger partial charge in [-0.25, -0.2) is 4.79 Å². The number of fused-ring (bicyclic) bond motifs is 1. The number of carbonyl (C=O) groups is 2. The van der Waals surface area contributed by atoms with E-state index in [-0.39, 0.29) is 11.9 Å². The number of halogens is 1. The Kier molecular flexibility index (Phi) is 4.49. The Hall–Kier alpha value is -2.08. The topological polar surface area (TPSA) is 62.5 Å². The van der Waals surface area contributed by atoms with Crippen LogP contribution in [0.1, 0.15) is 47.5 Å². The molecule has 6 heteroatoms. The van der Waals surface area contributed by atoms with Crippen molar-refractivity contribution < 1.29 is 14.7 Å². The van der Waals surface area contributed by atoms with Crippen molar-refractivity contribution in [3.05, 3.63) is 57.8 Å². The predicted molar refractivity (Wildman–Crippen MR) is 94.1 cm³/mol. The van der Waals surface area contributed by atoms with E-state index in [4.69, 9.17) is 0 Å². The number of rotatable bonds is 3. The van der Waals surface area contributed by atoms with Gasteiger partial charge < -0.3 is 14.6 Å². The van der Waals surface area contributed by atoms with Gasteiger partial charge in [0.1, 0.15) is 5.69 Å². The van der Waals surface area contributed by atoms with Gasteiger partial charge in [-0.3, -0.25) is 4.79 Å². The lowest BCUT2D eigenvalue weighted by molar-refractivity contribution is -0.143. The molecular formula is C18H19BrN2O3. The Morgan fingerprint density at radius 2 is 2.00 bits per heavy atom. The van der Waals surface area contributed by atoms with Gasteiger partial charge in [-0.2, -0.15) is 0 Å². The zero-order valence-corrected chi connectivity index (χ0v) is 15.2. The van der Waals surface area contributed by atoms with Gasteiger partial charge in [0.25, 0.3) is 5.91 Å². The monoisotopic (exact) mass is 390 g/mol. The third-order valence-corrected chi connectivity index (χ3v) is 4.80. The molecule has 126 valence electrons. The summed E-state index contributed by atoms with van der Waals surface area (Å²) in [6.45, 7) is 4.38. The van der Waals surface area contributed by atoms with Crippen molar-refractivity contribution in [3.8, 4) is 0 Å². The number of carboxylic acid groups (broad SMARTS) is 1. The van der Waals surface area contributed by atoms with Crippen LogP contribution < -0.4 is 0 Å². The summed E-state index contributed by atoms with van der Waals surface area (Å²) in [5.41, 5.74) is 2.20. The van der Waals surface area contributed by atoms with Gasteiger partial charge in [-0.05, 0) is 53.4 Å². The molecule has 0 bridgehead atoms. The second kappa shape index (κ2) is 6.43. The van der Waals surface area contributed by atoms with Crippen LogP contribution >= 0.6 is 15.9 Å². The Morgan fingerprint density at radius 1 is 1.29 bits per heavy atom. The van der Waals surface area contributed by atoms with Gasteiger partial charge in [0.15, 0.2) is 6.04 Å². The first-order valence-electron chi connectivity index (χ1n) is 7.89. The third-order valence-electron chi connectivity index (χ3n) is 4.37. The second-order valence-electron chi connectivity index (χ2n) is 6.23. The molecule has 1 atom stereocenters. The average molecular weight is 391 g/mol. The number of benzene rings is 1. The minimum atomic E-state index is -1.00. The van der Waals surface area contributed by atoms with Crippen molar-refractivity contribution in [2.45, 2.75) is 32.4 Å². The lowest BCUT2D eigenvalue weighted by Gasteiger charge is -2.35. The summed E-state index contributed by atoms with van der Waals surface area (Å²) in [5, 5.41) is 9.72. The van der Waals surface area contributed by atoms with Crippen LogP contribution in [-0.4, -0.2) is 33.0 Å². The molecule has 0 saturated carbocycles. The number of amides is 1. The molecule has 0 radical (unpaired) electrons. The van der Waals surface area contributed by atoms with Crippen LogP contribution in [0, 0.1) is 0 Å². The van der Waals surface area contributed by atoms with Crippen LogP contribution in [0.2, 0.25) is 0 Å². The molecule has 1 aromatic heterocycles. The van der Waals surface area contributed by atoms with Crippen molar-refractivity contribution in [1.29, 1.82) is 0 Å². The average Bonchev–Trinajstić information content (AvgIpc) is 2.95. The first-order chi connectivity index (χ1) is 11.4. The van der Waals surface area contributed by atoms with E-state index in [1.165, 1.54) is 4.90 Å². The summed E-state index contributed by atoms with van der Waals surface area (Å²) < 4.78 is 2.68. The predicted octanol–water partition coefficient (Wildman–Crippen LogP) is 3.66. The van der Waals surface area contributed by atoms with Gasteiger partial charge in [-0.15, -0.1) is 0 Å². The van der Waals surface area contributed by atoms with E-state index >= 15 is 0 Å². The van der Waals surface area contributed by atoms with Crippen LogP contribution in [0.3, 0.4) is 0 Å². The normalized spacial score (nSPS) is 17.0. The summed E-state index contributed by atoms with van der Waals surface area (Å²) in [6, 6.07) is 8.35. The van der Waals surface area contributed by atoms with Crippen LogP contribution in [-0.2, 0) is 11.2 Å². The van der Waals surface area contributed by atoms with Gasteiger partial charge >= 0.3 is 5.97 Å². The van der Waals surface area contributed by atoms with Crippen molar-refractivity contribution in [2.75, 3.05) is 6.54 Å². The SMILES string of the molecule is CC(C)n1cc(Br)cc1C(=O)N1CCc2ccccc2C1C(=O)O. The highest BCUT2D eigenvalue weighted by molar-refractivity contribution is 9.10. The summed E-state index contributed by atoms with van der Waals surface area (Å²) in [4.78, 5) is 26.4. The summed E-state index contributed by atoms with van der Waals surface area (Å²) in [5.74, 6) is -1.26. The summed E-state index contributed by atoms with van der Waals surface area (Å²) >= 11 is 3.41. The van der Waals surface area contributed by atoms with Crippen LogP contribution in [0.25, 0.3) is 0 Å². The van der Waals surface area contributed by atoms with E-state index in [0.29, 0.717) is 24.2 Å². The highest BCUT2D eigenvalue weighted by atomic mass is 79.9. The van der Waals surface area contributed by atoms with Crippen LogP contribution in [0.15, 0.2) is 41.0 Å². The van der Waals surface area contributed by atoms with E-state index in [1.807, 2.05) is 42.8 Å². The van der Waals surface area contributed by atoms with Gasteiger partial charge in [-0.1, -0.05) is 24.3 Å². The van der Waals surface area contributed by atoms with E-state index in [9.17, 15) is 14.7 Å². The fourth-order valence-electron chi connectivity index (χ4n) is 3.24. The maximum absolute atomic E-state index is 13.1. The number of hydrogen-bond acceptors (Lipinski definition) is 2. The van der Waals surface area contributed by atoms with Gasteiger partial charge in [0.05, 0.1) is 0 Å². The second-order valence-corrected chi connectivity index (χ2v) is 7.15. The molecule has 1 N–H and O–H groups in total. The number of hydrogen-bond donors (Lipinski definition) is 1. The maximum atomic E-state index is 13.1. The molecule has 1 aliphatic rings. The minimum Gasteiger partial charge on any atom is -0.479 e. The maximum Gasteiger partial charge on any atom is 0.331 e. The zero-order chi connectivity index (χ0) is 17.4. The molecule has 2 aromatic rings. The number of aliphatic carboxylic acids is 1. The molecule has 0 aliphatic carbocycles. The molecule has 5 nitrogen and oxygen atoms in total. The molecule has 24 heavy (non-hydrogen) atoms. The zero-order valence-electron chi connectivity index (χ0n) is 13.6. The van der Waals surface area contributed by atoms with Gasteiger partial charge in [0.2, 0.25) is 0 Å². The molecule has 1 aliphatic heterocycles. The highest BCUT2D eigenvalue weighted by Gasteiger charge is 2.37. The lowest BCUT2D eigenvalue weighted by atomic mass is 9.92. The Labute approximate surface area is 149 Å². The van der Waals surface area contributed by atoms with E-state index in [0.717, 1.165) is 10.0 Å².